The summed E-state index contributed by atoms with van der Waals surface area (Å²) in [5, 5.41) is 9.06. The van der Waals surface area contributed by atoms with Crippen molar-refractivity contribution in [2.75, 3.05) is 44.3 Å². The van der Waals surface area contributed by atoms with E-state index in [9.17, 15) is 9.59 Å². The first kappa shape index (κ1) is 15.7. The molecule has 3 heterocycles. The predicted molar refractivity (Wildman–Crippen MR) is 83.5 cm³/mol. The van der Waals surface area contributed by atoms with Gasteiger partial charge < -0.3 is 19.6 Å². The second-order valence-corrected chi connectivity index (χ2v) is 5.88. The molecule has 0 unspecified atom stereocenters. The topological polar surface area (TPSA) is 83.0 Å². The van der Waals surface area contributed by atoms with Crippen molar-refractivity contribution in [3.8, 4) is 0 Å². The smallest absolute Gasteiger partial charge is 0.306 e. The van der Waals surface area contributed by atoms with Gasteiger partial charge in [0.2, 0.25) is 0 Å². The third kappa shape index (κ3) is 3.44. The number of pyridine rings is 1. The molecule has 0 atom stereocenters. The molecule has 0 radical (unpaired) electrons. The van der Waals surface area contributed by atoms with E-state index in [2.05, 4.69) is 9.88 Å². The zero-order valence-electron chi connectivity index (χ0n) is 13.0. The fraction of sp³-hybridized carbons (Fsp3) is 0.562. The number of nitrogens with zero attached hydrogens (tertiary/aromatic N) is 3. The van der Waals surface area contributed by atoms with Crippen LogP contribution in [0.2, 0.25) is 0 Å². The number of rotatable bonds is 3. The molecule has 1 N–H and O–H groups in total. The third-order valence-electron chi connectivity index (χ3n) is 4.46. The summed E-state index contributed by atoms with van der Waals surface area (Å²) in [4.78, 5) is 32.0. The van der Waals surface area contributed by atoms with Gasteiger partial charge in [0.15, 0.2) is 0 Å². The third-order valence-corrected chi connectivity index (χ3v) is 4.46. The molecule has 0 spiro atoms. The molecule has 7 heteroatoms. The second-order valence-electron chi connectivity index (χ2n) is 5.88. The molecule has 1 amide bonds. The highest BCUT2D eigenvalue weighted by Crippen LogP contribution is 2.23. The highest BCUT2D eigenvalue weighted by atomic mass is 16.5. The molecule has 1 aromatic rings. The molecule has 0 aliphatic carbocycles. The molecule has 0 aromatic carbocycles. The lowest BCUT2D eigenvalue weighted by atomic mass is 9.96. The summed E-state index contributed by atoms with van der Waals surface area (Å²) in [6.07, 6.45) is 2.71. The minimum absolute atomic E-state index is 0.0663. The van der Waals surface area contributed by atoms with Gasteiger partial charge in [-0.25, -0.2) is 4.98 Å². The Labute approximate surface area is 134 Å². The minimum Gasteiger partial charge on any atom is -0.481 e. The van der Waals surface area contributed by atoms with E-state index in [0.717, 1.165) is 13.1 Å². The average molecular weight is 319 g/mol. The molecule has 0 bridgehead atoms. The number of morpholine rings is 1. The van der Waals surface area contributed by atoms with Crippen molar-refractivity contribution in [3.05, 3.63) is 23.9 Å². The number of hydrogen-bond donors (Lipinski definition) is 1. The zero-order valence-corrected chi connectivity index (χ0v) is 13.0. The van der Waals surface area contributed by atoms with Crippen molar-refractivity contribution in [2.45, 2.75) is 12.8 Å². The van der Waals surface area contributed by atoms with E-state index in [1.54, 1.807) is 23.2 Å². The van der Waals surface area contributed by atoms with Crippen LogP contribution in [0.25, 0.3) is 0 Å². The number of aliphatic carboxylic acids is 1. The minimum atomic E-state index is -0.771. The Balaban J connectivity index is 1.74. The Hall–Kier alpha value is -2.15. The number of anilines is 1. The summed E-state index contributed by atoms with van der Waals surface area (Å²) < 4.78 is 5.35. The first-order valence-electron chi connectivity index (χ1n) is 7.96. The van der Waals surface area contributed by atoms with Crippen LogP contribution < -0.4 is 4.90 Å². The number of aromatic nitrogens is 1. The zero-order chi connectivity index (χ0) is 16.2. The summed E-state index contributed by atoms with van der Waals surface area (Å²) in [7, 11) is 0. The quantitative estimate of drug-likeness (QED) is 0.889. The standard InChI is InChI=1S/C16H21N3O4/c20-15(19-6-3-12(4-7-19)16(21)22)13-2-1-5-17-14(13)18-8-10-23-11-9-18/h1-2,5,12H,3-4,6-11H2,(H,21,22). The number of hydrogen-bond acceptors (Lipinski definition) is 5. The van der Waals surface area contributed by atoms with E-state index in [4.69, 9.17) is 9.84 Å². The van der Waals surface area contributed by atoms with Gasteiger partial charge in [-0.3, -0.25) is 9.59 Å². The van der Waals surface area contributed by atoms with Gasteiger partial charge in [0, 0.05) is 32.4 Å². The summed E-state index contributed by atoms with van der Waals surface area (Å²) in [5.41, 5.74) is 0.586. The Bertz CT molecular complexity index is 578. The first-order valence-corrected chi connectivity index (χ1v) is 7.96. The lowest BCUT2D eigenvalue weighted by Gasteiger charge is -2.33. The van der Waals surface area contributed by atoms with Crippen LogP contribution in [0.15, 0.2) is 18.3 Å². The highest BCUT2D eigenvalue weighted by molar-refractivity contribution is 5.99. The number of carboxylic acid groups (broad SMARTS) is 1. The van der Waals surface area contributed by atoms with Crippen molar-refractivity contribution in [1.82, 2.24) is 9.88 Å². The summed E-state index contributed by atoms with van der Waals surface area (Å²) >= 11 is 0. The van der Waals surface area contributed by atoms with Crippen molar-refractivity contribution in [1.29, 1.82) is 0 Å². The monoisotopic (exact) mass is 319 g/mol. The van der Waals surface area contributed by atoms with Gasteiger partial charge in [0.05, 0.1) is 24.7 Å². The van der Waals surface area contributed by atoms with Crippen LogP contribution >= 0.6 is 0 Å². The first-order chi connectivity index (χ1) is 11.2. The van der Waals surface area contributed by atoms with Gasteiger partial charge in [-0.2, -0.15) is 0 Å². The number of piperidine rings is 1. The number of carbonyl (C=O) groups excluding carboxylic acids is 1. The molecule has 2 fully saturated rings. The predicted octanol–water partition coefficient (Wildman–Crippen LogP) is 0.855. The van der Waals surface area contributed by atoms with Gasteiger partial charge >= 0.3 is 5.97 Å². The fourth-order valence-electron chi connectivity index (χ4n) is 3.09. The molecule has 23 heavy (non-hydrogen) atoms. The molecule has 3 rings (SSSR count). The molecule has 2 saturated heterocycles. The normalized spacial score (nSPS) is 19.7. The summed E-state index contributed by atoms with van der Waals surface area (Å²) in [6, 6.07) is 3.56. The number of carbonyl (C=O) groups is 2. The molecule has 124 valence electrons. The van der Waals surface area contributed by atoms with Crippen LogP contribution in [0.5, 0.6) is 0 Å². The van der Waals surface area contributed by atoms with E-state index in [0.29, 0.717) is 50.5 Å². The van der Waals surface area contributed by atoms with Crippen molar-refractivity contribution in [2.24, 2.45) is 5.92 Å². The maximum absolute atomic E-state index is 12.8. The van der Waals surface area contributed by atoms with Crippen LogP contribution in [0.1, 0.15) is 23.2 Å². The molecular weight excluding hydrogens is 298 g/mol. The van der Waals surface area contributed by atoms with Crippen LogP contribution in [0.3, 0.4) is 0 Å². The Morgan fingerprint density at radius 3 is 2.52 bits per heavy atom. The summed E-state index contributed by atoms with van der Waals surface area (Å²) in [6.45, 7) is 3.67. The van der Waals surface area contributed by atoms with Crippen LogP contribution in [-0.4, -0.2) is 66.3 Å². The van der Waals surface area contributed by atoms with Crippen LogP contribution in [0.4, 0.5) is 5.82 Å². The number of ether oxygens (including phenoxy) is 1. The second kappa shape index (κ2) is 6.95. The highest BCUT2D eigenvalue weighted by Gasteiger charge is 2.29. The summed E-state index contributed by atoms with van der Waals surface area (Å²) in [5.74, 6) is -0.483. The number of amides is 1. The van der Waals surface area contributed by atoms with Gasteiger partial charge in [0.25, 0.3) is 5.91 Å². The van der Waals surface area contributed by atoms with E-state index < -0.39 is 5.97 Å². The number of likely N-dealkylation sites (tertiary alicyclic amines) is 1. The van der Waals surface area contributed by atoms with Crippen LogP contribution in [0, 0.1) is 5.92 Å². The molecule has 7 nitrogen and oxygen atoms in total. The molecule has 2 aliphatic rings. The Morgan fingerprint density at radius 2 is 1.87 bits per heavy atom. The van der Waals surface area contributed by atoms with Crippen LogP contribution in [-0.2, 0) is 9.53 Å². The average Bonchev–Trinajstić information content (AvgIpc) is 2.62. The van der Waals surface area contributed by atoms with E-state index >= 15 is 0 Å². The number of carboxylic acids is 1. The fourth-order valence-corrected chi connectivity index (χ4v) is 3.09. The van der Waals surface area contributed by atoms with Gasteiger partial charge in [-0.15, -0.1) is 0 Å². The lowest BCUT2D eigenvalue weighted by molar-refractivity contribution is -0.143. The van der Waals surface area contributed by atoms with Gasteiger partial charge in [-0.1, -0.05) is 0 Å². The molecule has 2 aliphatic heterocycles. The van der Waals surface area contributed by atoms with Crippen molar-refractivity contribution in [3.63, 3.8) is 0 Å². The molecular formula is C16H21N3O4. The SMILES string of the molecule is O=C(O)C1CCN(C(=O)c2cccnc2N2CCOCC2)CC1. The van der Waals surface area contributed by atoms with E-state index in [1.807, 2.05) is 0 Å². The van der Waals surface area contributed by atoms with Crippen molar-refractivity contribution < 1.29 is 19.4 Å². The largest absolute Gasteiger partial charge is 0.481 e. The Morgan fingerprint density at radius 1 is 1.17 bits per heavy atom. The van der Waals surface area contributed by atoms with E-state index in [1.165, 1.54) is 0 Å². The Kier molecular flexibility index (Phi) is 4.76. The maximum Gasteiger partial charge on any atom is 0.306 e. The molecule has 0 saturated carbocycles. The molecule has 1 aromatic heterocycles. The lowest BCUT2D eigenvalue weighted by Crippen LogP contribution is -2.42. The maximum atomic E-state index is 12.8. The van der Waals surface area contributed by atoms with E-state index in [-0.39, 0.29) is 11.8 Å². The van der Waals surface area contributed by atoms with Crippen molar-refractivity contribution >= 4 is 17.7 Å². The van der Waals surface area contributed by atoms with Gasteiger partial charge in [-0.05, 0) is 25.0 Å². The van der Waals surface area contributed by atoms with Gasteiger partial charge in [0.1, 0.15) is 5.82 Å².